The van der Waals surface area contributed by atoms with Crippen LogP contribution >= 0.6 is 27.5 Å². The van der Waals surface area contributed by atoms with Gasteiger partial charge in [-0.25, -0.2) is 0 Å². The van der Waals surface area contributed by atoms with Gasteiger partial charge in [-0.15, -0.1) is 0 Å². The van der Waals surface area contributed by atoms with E-state index in [1.807, 2.05) is 0 Å². The van der Waals surface area contributed by atoms with Crippen molar-refractivity contribution in [3.63, 3.8) is 0 Å². The highest BCUT2D eigenvalue weighted by atomic mass is 79.9. The zero-order chi connectivity index (χ0) is 11.6. The van der Waals surface area contributed by atoms with Crippen LogP contribution in [0.15, 0.2) is 16.6 Å². The second kappa shape index (κ2) is 4.61. The van der Waals surface area contributed by atoms with Crippen molar-refractivity contribution in [1.82, 2.24) is 0 Å². The van der Waals surface area contributed by atoms with Crippen molar-refractivity contribution in [1.29, 1.82) is 0 Å². The van der Waals surface area contributed by atoms with E-state index in [9.17, 15) is 13.2 Å². The Kier molecular flexibility index (Phi) is 3.89. The summed E-state index contributed by atoms with van der Waals surface area (Å²) in [4.78, 5) is 0. The van der Waals surface area contributed by atoms with Crippen LogP contribution in [0.2, 0.25) is 5.02 Å². The SMILES string of the molecule is CCOc1c(Cl)cc(Br)cc1C(F)(F)F. The molecule has 0 aliphatic heterocycles. The van der Waals surface area contributed by atoms with Crippen molar-refractivity contribution < 1.29 is 17.9 Å². The minimum Gasteiger partial charge on any atom is -0.492 e. The molecule has 1 nitrogen and oxygen atoms in total. The molecule has 15 heavy (non-hydrogen) atoms. The molecular formula is C9H7BrClF3O. The van der Waals surface area contributed by atoms with Gasteiger partial charge in [0.05, 0.1) is 11.6 Å². The molecular weight excluding hydrogens is 296 g/mol. The van der Waals surface area contributed by atoms with Crippen molar-refractivity contribution in [2.75, 3.05) is 6.61 Å². The number of alkyl halides is 3. The molecule has 6 heteroatoms. The van der Waals surface area contributed by atoms with E-state index in [1.54, 1.807) is 6.92 Å². The lowest BCUT2D eigenvalue weighted by Gasteiger charge is -2.14. The Bertz CT molecular complexity index is 365. The van der Waals surface area contributed by atoms with E-state index in [-0.39, 0.29) is 21.9 Å². The molecule has 84 valence electrons. The van der Waals surface area contributed by atoms with Crippen molar-refractivity contribution in [2.45, 2.75) is 13.1 Å². The summed E-state index contributed by atoms with van der Waals surface area (Å²) < 4.78 is 42.9. The van der Waals surface area contributed by atoms with E-state index in [0.717, 1.165) is 6.07 Å². The smallest absolute Gasteiger partial charge is 0.420 e. The van der Waals surface area contributed by atoms with Crippen LogP contribution in [-0.2, 0) is 6.18 Å². The van der Waals surface area contributed by atoms with Gasteiger partial charge >= 0.3 is 6.18 Å². The fourth-order valence-electron chi connectivity index (χ4n) is 1.06. The molecule has 1 aromatic rings. The summed E-state index contributed by atoms with van der Waals surface area (Å²) >= 11 is 8.62. The van der Waals surface area contributed by atoms with E-state index in [4.69, 9.17) is 16.3 Å². The van der Waals surface area contributed by atoms with E-state index in [1.165, 1.54) is 6.07 Å². The van der Waals surface area contributed by atoms with Crippen molar-refractivity contribution >= 4 is 27.5 Å². The average molecular weight is 304 g/mol. The third-order valence-corrected chi connectivity index (χ3v) is 2.34. The van der Waals surface area contributed by atoms with Gasteiger partial charge in [-0.3, -0.25) is 0 Å². The van der Waals surface area contributed by atoms with Gasteiger partial charge in [0.15, 0.2) is 0 Å². The fourth-order valence-corrected chi connectivity index (χ4v) is 1.93. The van der Waals surface area contributed by atoms with Gasteiger partial charge in [0.2, 0.25) is 0 Å². The molecule has 0 aliphatic carbocycles. The number of halogens is 5. The van der Waals surface area contributed by atoms with Gasteiger partial charge in [-0.2, -0.15) is 13.2 Å². The monoisotopic (exact) mass is 302 g/mol. The molecule has 0 unspecified atom stereocenters. The van der Waals surface area contributed by atoms with Crippen LogP contribution in [0.3, 0.4) is 0 Å². The number of ether oxygens (including phenoxy) is 1. The fraction of sp³-hybridized carbons (Fsp3) is 0.333. The number of hydrogen-bond donors (Lipinski definition) is 0. The van der Waals surface area contributed by atoms with E-state index in [2.05, 4.69) is 15.9 Å². The topological polar surface area (TPSA) is 9.23 Å². The summed E-state index contributed by atoms with van der Waals surface area (Å²) in [5.74, 6) is -0.324. The van der Waals surface area contributed by atoms with Crippen molar-refractivity contribution in [3.05, 3.63) is 27.2 Å². The average Bonchev–Trinajstić information content (AvgIpc) is 2.07. The maximum atomic E-state index is 12.6. The molecule has 0 amide bonds. The first-order valence-electron chi connectivity index (χ1n) is 4.05. The minimum atomic E-state index is -4.47. The lowest BCUT2D eigenvalue weighted by Crippen LogP contribution is -2.09. The Balaban J connectivity index is 3.33. The first kappa shape index (κ1) is 12.6. The minimum absolute atomic E-state index is 0.0569. The summed E-state index contributed by atoms with van der Waals surface area (Å²) in [5.41, 5.74) is -0.872. The van der Waals surface area contributed by atoms with Gasteiger partial charge < -0.3 is 4.74 Å². The van der Waals surface area contributed by atoms with Gasteiger partial charge in [-0.05, 0) is 19.1 Å². The van der Waals surface area contributed by atoms with Crippen LogP contribution < -0.4 is 4.74 Å². The molecule has 0 aromatic heterocycles. The predicted octanol–water partition coefficient (Wildman–Crippen LogP) is 4.52. The Hall–Kier alpha value is -0.420. The molecule has 0 N–H and O–H groups in total. The molecule has 0 saturated heterocycles. The quantitative estimate of drug-likeness (QED) is 0.780. The van der Waals surface area contributed by atoms with Gasteiger partial charge in [0.1, 0.15) is 11.3 Å². The highest BCUT2D eigenvalue weighted by Crippen LogP contribution is 2.42. The van der Waals surface area contributed by atoms with E-state index < -0.39 is 11.7 Å². The lowest BCUT2D eigenvalue weighted by atomic mass is 10.2. The molecule has 0 bridgehead atoms. The molecule has 0 fully saturated rings. The maximum absolute atomic E-state index is 12.6. The summed E-state index contributed by atoms with van der Waals surface area (Å²) in [6.45, 7) is 1.73. The Morgan fingerprint density at radius 1 is 1.40 bits per heavy atom. The third kappa shape index (κ3) is 3.01. The van der Waals surface area contributed by atoms with Gasteiger partial charge in [-0.1, -0.05) is 27.5 Å². The molecule has 0 saturated carbocycles. The second-order valence-corrected chi connectivity index (χ2v) is 4.02. The molecule has 0 heterocycles. The zero-order valence-electron chi connectivity index (χ0n) is 7.66. The van der Waals surface area contributed by atoms with E-state index in [0.29, 0.717) is 0 Å². The predicted molar refractivity (Wildman–Crippen MR) is 55.3 cm³/mol. The Morgan fingerprint density at radius 3 is 2.47 bits per heavy atom. The lowest BCUT2D eigenvalue weighted by molar-refractivity contribution is -0.138. The maximum Gasteiger partial charge on any atom is 0.420 e. The van der Waals surface area contributed by atoms with Crippen LogP contribution in [-0.4, -0.2) is 6.61 Å². The first-order chi connectivity index (χ1) is 6.86. The molecule has 0 spiro atoms. The van der Waals surface area contributed by atoms with Crippen LogP contribution in [0.5, 0.6) is 5.75 Å². The largest absolute Gasteiger partial charge is 0.492 e. The highest BCUT2D eigenvalue weighted by molar-refractivity contribution is 9.10. The van der Waals surface area contributed by atoms with Crippen LogP contribution in [0, 0.1) is 0 Å². The van der Waals surface area contributed by atoms with Crippen LogP contribution in [0.25, 0.3) is 0 Å². The van der Waals surface area contributed by atoms with Gasteiger partial charge in [0, 0.05) is 4.47 Å². The third-order valence-electron chi connectivity index (χ3n) is 1.60. The van der Waals surface area contributed by atoms with Crippen LogP contribution in [0.1, 0.15) is 12.5 Å². The Labute approximate surface area is 98.3 Å². The normalized spacial score (nSPS) is 11.6. The summed E-state index contributed by atoms with van der Waals surface area (Å²) in [5, 5.41) is -0.0569. The summed E-state index contributed by atoms with van der Waals surface area (Å²) in [6, 6.07) is 2.30. The molecule has 0 radical (unpaired) electrons. The number of hydrogen-bond acceptors (Lipinski definition) is 1. The summed E-state index contributed by atoms with van der Waals surface area (Å²) in [7, 11) is 0. The summed E-state index contributed by atoms with van der Waals surface area (Å²) in [6.07, 6.45) is -4.47. The molecule has 1 aromatic carbocycles. The highest BCUT2D eigenvalue weighted by Gasteiger charge is 2.35. The molecule has 0 aliphatic rings. The van der Waals surface area contributed by atoms with E-state index >= 15 is 0 Å². The first-order valence-corrected chi connectivity index (χ1v) is 5.22. The molecule has 1 rings (SSSR count). The second-order valence-electron chi connectivity index (χ2n) is 2.70. The zero-order valence-corrected chi connectivity index (χ0v) is 10.0. The van der Waals surface area contributed by atoms with Gasteiger partial charge in [0.25, 0.3) is 0 Å². The number of rotatable bonds is 2. The van der Waals surface area contributed by atoms with Crippen LogP contribution in [0.4, 0.5) is 13.2 Å². The van der Waals surface area contributed by atoms with Crippen molar-refractivity contribution in [3.8, 4) is 5.75 Å². The standard InChI is InChI=1S/C9H7BrClF3O/c1-2-15-8-6(9(12,13)14)3-5(10)4-7(8)11/h3-4H,2H2,1H3. The molecule has 0 atom stereocenters. The Morgan fingerprint density at radius 2 is 2.00 bits per heavy atom. The van der Waals surface area contributed by atoms with Crippen molar-refractivity contribution in [2.24, 2.45) is 0 Å². The number of benzene rings is 1.